The van der Waals surface area contributed by atoms with Crippen molar-refractivity contribution in [2.45, 2.75) is 46.5 Å². The highest BCUT2D eigenvalue weighted by Gasteiger charge is 2.10. The molecule has 0 saturated heterocycles. The van der Waals surface area contributed by atoms with Crippen LogP contribution in [0.2, 0.25) is 0 Å². The van der Waals surface area contributed by atoms with Crippen LogP contribution in [-0.4, -0.2) is 5.11 Å². The lowest BCUT2D eigenvalue weighted by Crippen LogP contribution is -2.20. The lowest BCUT2D eigenvalue weighted by molar-refractivity contribution is 0.867. The Morgan fingerprint density at radius 1 is 0.870 bits per heavy atom. The Morgan fingerprint density at radius 3 is 2.09 bits per heavy atom. The average Bonchev–Trinajstić information content (AvgIpc) is 2.49. The van der Waals surface area contributed by atoms with Crippen molar-refractivity contribution >= 4 is 28.7 Å². The molecule has 0 aliphatic carbocycles. The summed E-state index contributed by atoms with van der Waals surface area (Å²) in [4.78, 5) is 0. The molecule has 0 heterocycles. The number of hydrogen-bond acceptors (Lipinski definition) is 1. The molecule has 0 bridgehead atoms. The molecule has 2 N–H and O–H groups in total. The van der Waals surface area contributed by atoms with Crippen LogP contribution in [0.15, 0.2) is 42.5 Å². The van der Waals surface area contributed by atoms with Gasteiger partial charge >= 0.3 is 0 Å². The Kier molecular flexibility index (Phi) is 5.78. The van der Waals surface area contributed by atoms with Crippen LogP contribution >= 0.6 is 12.2 Å². The minimum Gasteiger partial charge on any atom is -0.332 e. The standard InChI is InChI=1S/C20H26N2S/c1-13(2)16-9-11-17(12-10-16)21-20(23)22-19-15(5)7-6-8-18(19)14(3)4/h6-14H,1-5H3,(H2,21,22,23). The van der Waals surface area contributed by atoms with Gasteiger partial charge in [0.05, 0.1) is 0 Å². The maximum atomic E-state index is 5.49. The molecule has 0 radical (unpaired) electrons. The summed E-state index contributed by atoms with van der Waals surface area (Å²) < 4.78 is 0. The molecule has 0 fully saturated rings. The van der Waals surface area contributed by atoms with E-state index in [1.54, 1.807) is 0 Å². The summed E-state index contributed by atoms with van der Waals surface area (Å²) in [5.41, 5.74) is 5.93. The van der Waals surface area contributed by atoms with Crippen molar-refractivity contribution in [2.24, 2.45) is 0 Å². The lowest BCUT2D eigenvalue weighted by Gasteiger charge is -2.18. The van der Waals surface area contributed by atoms with Crippen LogP contribution in [0.1, 0.15) is 56.2 Å². The van der Waals surface area contributed by atoms with E-state index in [4.69, 9.17) is 12.2 Å². The summed E-state index contributed by atoms with van der Waals surface area (Å²) in [5.74, 6) is 0.986. The monoisotopic (exact) mass is 326 g/mol. The van der Waals surface area contributed by atoms with Crippen LogP contribution in [0.4, 0.5) is 11.4 Å². The molecular weight excluding hydrogens is 300 g/mol. The Morgan fingerprint density at radius 2 is 1.52 bits per heavy atom. The second-order valence-electron chi connectivity index (χ2n) is 6.55. The Bertz CT molecular complexity index is 673. The highest BCUT2D eigenvalue weighted by atomic mass is 32.1. The third kappa shape index (κ3) is 4.55. The zero-order valence-electron chi connectivity index (χ0n) is 14.6. The number of benzene rings is 2. The first-order valence-corrected chi connectivity index (χ1v) is 8.56. The van der Waals surface area contributed by atoms with Crippen LogP contribution in [-0.2, 0) is 0 Å². The third-order valence-corrected chi connectivity index (χ3v) is 4.20. The van der Waals surface area contributed by atoms with Gasteiger partial charge in [-0.15, -0.1) is 0 Å². The quantitative estimate of drug-likeness (QED) is 0.669. The van der Waals surface area contributed by atoms with Crippen molar-refractivity contribution in [3.8, 4) is 0 Å². The molecule has 0 saturated carbocycles. The Hall–Kier alpha value is -1.87. The van der Waals surface area contributed by atoms with Crippen LogP contribution in [0.25, 0.3) is 0 Å². The second-order valence-corrected chi connectivity index (χ2v) is 6.96. The minimum atomic E-state index is 0.450. The smallest absolute Gasteiger partial charge is 0.175 e. The molecule has 0 aromatic heterocycles. The van der Waals surface area contributed by atoms with Crippen molar-refractivity contribution in [1.29, 1.82) is 0 Å². The molecule has 0 spiro atoms. The van der Waals surface area contributed by atoms with Gasteiger partial charge < -0.3 is 10.6 Å². The maximum absolute atomic E-state index is 5.49. The number of thiocarbonyl (C=S) groups is 1. The number of anilines is 2. The predicted octanol–water partition coefficient (Wildman–Crippen LogP) is 6.05. The van der Waals surface area contributed by atoms with Gasteiger partial charge in [-0.2, -0.15) is 0 Å². The van der Waals surface area contributed by atoms with Crippen LogP contribution < -0.4 is 10.6 Å². The van der Waals surface area contributed by atoms with Crippen molar-refractivity contribution in [1.82, 2.24) is 0 Å². The van der Waals surface area contributed by atoms with Crippen LogP contribution in [0.3, 0.4) is 0 Å². The van der Waals surface area contributed by atoms with E-state index in [1.807, 2.05) is 0 Å². The SMILES string of the molecule is Cc1cccc(C(C)C)c1NC(=S)Nc1ccc(C(C)C)cc1. The molecule has 0 amide bonds. The van der Waals surface area contributed by atoms with E-state index in [-0.39, 0.29) is 0 Å². The summed E-state index contributed by atoms with van der Waals surface area (Å²) in [6.07, 6.45) is 0. The van der Waals surface area contributed by atoms with Crippen LogP contribution in [0, 0.1) is 6.92 Å². The Balaban J connectivity index is 2.11. The van der Waals surface area contributed by atoms with Gasteiger partial charge in [-0.05, 0) is 59.8 Å². The molecule has 0 unspecified atom stereocenters. The topological polar surface area (TPSA) is 24.1 Å². The number of para-hydroxylation sites is 1. The van der Waals surface area contributed by atoms with Gasteiger partial charge in [-0.3, -0.25) is 0 Å². The van der Waals surface area contributed by atoms with Gasteiger partial charge in [0.25, 0.3) is 0 Å². The van der Waals surface area contributed by atoms with Gasteiger partial charge in [0, 0.05) is 11.4 Å². The molecule has 2 aromatic rings. The van der Waals surface area contributed by atoms with E-state index in [0.29, 0.717) is 16.9 Å². The molecule has 3 heteroatoms. The molecule has 0 aliphatic heterocycles. The summed E-state index contributed by atoms with van der Waals surface area (Å²) >= 11 is 5.49. The fourth-order valence-electron chi connectivity index (χ4n) is 2.57. The first kappa shape index (κ1) is 17.5. The molecule has 2 nitrogen and oxygen atoms in total. The highest BCUT2D eigenvalue weighted by molar-refractivity contribution is 7.80. The maximum Gasteiger partial charge on any atom is 0.175 e. The van der Waals surface area contributed by atoms with Crippen molar-refractivity contribution in [3.05, 3.63) is 59.2 Å². The molecular formula is C20H26N2S. The van der Waals surface area contributed by atoms with E-state index in [9.17, 15) is 0 Å². The van der Waals surface area contributed by atoms with E-state index in [1.165, 1.54) is 16.7 Å². The fraction of sp³-hybridized carbons (Fsp3) is 0.350. The zero-order valence-corrected chi connectivity index (χ0v) is 15.4. The van der Waals surface area contributed by atoms with Crippen molar-refractivity contribution in [2.75, 3.05) is 10.6 Å². The summed E-state index contributed by atoms with van der Waals surface area (Å²) in [6, 6.07) is 14.8. The largest absolute Gasteiger partial charge is 0.332 e. The van der Waals surface area contributed by atoms with Gasteiger partial charge in [0.1, 0.15) is 0 Å². The summed E-state index contributed by atoms with van der Waals surface area (Å²) in [6.45, 7) is 10.9. The van der Waals surface area contributed by atoms with Crippen molar-refractivity contribution < 1.29 is 0 Å². The first-order valence-electron chi connectivity index (χ1n) is 8.16. The van der Waals surface area contributed by atoms with Gasteiger partial charge in [0.15, 0.2) is 5.11 Å². The second kappa shape index (κ2) is 7.60. The molecule has 2 aromatic carbocycles. The minimum absolute atomic E-state index is 0.450. The normalized spacial score (nSPS) is 10.9. The number of nitrogens with one attached hydrogen (secondary N) is 2. The molecule has 0 atom stereocenters. The highest BCUT2D eigenvalue weighted by Crippen LogP contribution is 2.27. The van der Waals surface area contributed by atoms with E-state index < -0.39 is 0 Å². The summed E-state index contributed by atoms with van der Waals surface area (Å²) in [7, 11) is 0. The predicted molar refractivity (Wildman–Crippen MR) is 106 cm³/mol. The average molecular weight is 327 g/mol. The van der Waals surface area contributed by atoms with E-state index in [2.05, 4.69) is 87.7 Å². The summed E-state index contributed by atoms with van der Waals surface area (Å²) in [5, 5.41) is 7.26. The number of rotatable bonds is 4. The fourth-order valence-corrected chi connectivity index (χ4v) is 2.79. The van der Waals surface area contributed by atoms with Gasteiger partial charge in [0.2, 0.25) is 0 Å². The Labute approximate surface area is 145 Å². The molecule has 23 heavy (non-hydrogen) atoms. The lowest BCUT2D eigenvalue weighted by atomic mass is 9.98. The molecule has 2 rings (SSSR count). The zero-order chi connectivity index (χ0) is 17.0. The number of aryl methyl sites for hydroxylation is 1. The van der Waals surface area contributed by atoms with Gasteiger partial charge in [-0.25, -0.2) is 0 Å². The van der Waals surface area contributed by atoms with E-state index >= 15 is 0 Å². The van der Waals surface area contributed by atoms with Crippen LogP contribution in [0.5, 0.6) is 0 Å². The third-order valence-electron chi connectivity index (χ3n) is 4.00. The first-order chi connectivity index (χ1) is 10.9. The molecule has 0 aliphatic rings. The van der Waals surface area contributed by atoms with E-state index in [0.717, 1.165) is 11.4 Å². The molecule has 122 valence electrons. The number of hydrogen-bond donors (Lipinski definition) is 2. The van der Waals surface area contributed by atoms with Gasteiger partial charge in [-0.1, -0.05) is 58.0 Å². The van der Waals surface area contributed by atoms with Crippen molar-refractivity contribution in [3.63, 3.8) is 0 Å².